The van der Waals surface area contributed by atoms with Crippen molar-refractivity contribution >= 4 is 11.6 Å². The Morgan fingerprint density at radius 2 is 2.00 bits per heavy atom. The van der Waals surface area contributed by atoms with Gasteiger partial charge in [0.25, 0.3) is 0 Å². The van der Waals surface area contributed by atoms with Gasteiger partial charge in [-0.3, -0.25) is 4.98 Å². The minimum Gasteiger partial charge on any atom is -0.490 e. The summed E-state index contributed by atoms with van der Waals surface area (Å²) in [5.74, 6) is 0.629. The van der Waals surface area contributed by atoms with Crippen molar-refractivity contribution in [2.75, 3.05) is 6.61 Å². The topological polar surface area (TPSA) is 48.1 Å². The molecule has 0 saturated heterocycles. The average molecular weight is 249 g/mol. The summed E-state index contributed by atoms with van der Waals surface area (Å²) in [4.78, 5) is 3.94. The van der Waals surface area contributed by atoms with E-state index in [4.69, 9.17) is 22.1 Å². The summed E-state index contributed by atoms with van der Waals surface area (Å²) in [6.07, 6.45) is 3.18. The fourth-order valence-electron chi connectivity index (χ4n) is 1.45. The number of rotatable bonds is 4. The van der Waals surface area contributed by atoms with Crippen molar-refractivity contribution in [2.45, 2.75) is 6.04 Å². The zero-order chi connectivity index (χ0) is 12.1. The van der Waals surface area contributed by atoms with Gasteiger partial charge < -0.3 is 10.5 Å². The van der Waals surface area contributed by atoms with Crippen molar-refractivity contribution < 1.29 is 4.74 Å². The lowest BCUT2D eigenvalue weighted by Gasteiger charge is -2.13. The Morgan fingerprint density at radius 3 is 2.71 bits per heavy atom. The number of pyridine rings is 1. The van der Waals surface area contributed by atoms with E-state index in [9.17, 15) is 0 Å². The Bertz CT molecular complexity index is 476. The summed E-state index contributed by atoms with van der Waals surface area (Å²) < 4.78 is 5.53. The SMILES string of the molecule is NC(COc1cncc(Cl)c1)c1ccccc1. The Balaban J connectivity index is 1.95. The number of nitrogens with two attached hydrogens (primary N) is 1. The second kappa shape index (κ2) is 5.66. The first-order valence-corrected chi connectivity index (χ1v) is 5.67. The lowest BCUT2D eigenvalue weighted by molar-refractivity contribution is 0.289. The normalized spacial score (nSPS) is 12.1. The molecule has 0 saturated carbocycles. The van der Waals surface area contributed by atoms with Crippen molar-refractivity contribution in [3.8, 4) is 5.75 Å². The van der Waals surface area contributed by atoms with Gasteiger partial charge >= 0.3 is 0 Å². The second-order valence-electron chi connectivity index (χ2n) is 3.67. The average Bonchev–Trinajstić information content (AvgIpc) is 2.37. The highest BCUT2D eigenvalue weighted by molar-refractivity contribution is 6.30. The molecule has 1 atom stereocenters. The van der Waals surface area contributed by atoms with E-state index >= 15 is 0 Å². The predicted molar refractivity (Wildman–Crippen MR) is 68.1 cm³/mol. The van der Waals surface area contributed by atoms with E-state index in [1.54, 1.807) is 18.5 Å². The van der Waals surface area contributed by atoms with Crippen LogP contribution in [0.1, 0.15) is 11.6 Å². The van der Waals surface area contributed by atoms with Gasteiger partial charge in [0.2, 0.25) is 0 Å². The van der Waals surface area contributed by atoms with E-state index in [0.717, 1.165) is 5.56 Å². The molecular formula is C13H13ClN2O. The van der Waals surface area contributed by atoms with Gasteiger partial charge in [-0.2, -0.15) is 0 Å². The summed E-state index contributed by atoms with van der Waals surface area (Å²) in [5, 5.41) is 0.552. The van der Waals surface area contributed by atoms with Gasteiger partial charge in [-0.25, -0.2) is 0 Å². The highest BCUT2D eigenvalue weighted by Crippen LogP contribution is 2.17. The molecule has 17 heavy (non-hydrogen) atoms. The maximum absolute atomic E-state index is 6.00. The molecule has 1 unspecified atom stereocenters. The largest absolute Gasteiger partial charge is 0.490 e. The minimum absolute atomic E-state index is 0.157. The second-order valence-corrected chi connectivity index (χ2v) is 4.10. The van der Waals surface area contributed by atoms with Crippen LogP contribution in [-0.2, 0) is 0 Å². The smallest absolute Gasteiger partial charge is 0.139 e. The summed E-state index contributed by atoms with van der Waals surface area (Å²) in [5.41, 5.74) is 7.05. The quantitative estimate of drug-likeness (QED) is 0.905. The number of hydrogen-bond acceptors (Lipinski definition) is 3. The molecule has 2 aromatic rings. The van der Waals surface area contributed by atoms with E-state index < -0.39 is 0 Å². The summed E-state index contributed by atoms with van der Waals surface area (Å²) in [6, 6.07) is 11.4. The molecule has 0 aliphatic rings. The molecular weight excluding hydrogens is 236 g/mol. The zero-order valence-corrected chi connectivity index (χ0v) is 9.97. The van der Waals surface area contributed by atoms with E-state index in [-0.39, 0.29) is 6.04 Å². The number of benzene rings is 1. The molecule has 88 valence electrons. The molecule has 0 fully saturated rings. The van der Waals surface area contributed by atoms with Crippen LogP contribution in [0.25, 0.3) is 0 Å². The summed E-state index contributed by atoms with van der Waals surface area (Å²) >= 11 is 5.80. The van der Waals surface area contributed by atoms with Crippen LogP contribution in [-0.4, -0.2) is 11.6 Å². The summed E-state index contributed by atoms with van der Waals surface area (Å²) in [6.45, 7) is 0.395. The fourth-order valence-corrected chi connectivity index (χ4v) is 1.62. The Kier molecular flexibility index (Phi) is 3.96. The van der Waals surface area contributed by atoms with Gasteiger partial charge in [0.1, 0.15) is 12.4 Å². The molecule has 0 aliphatic heterocycles. The van der Waals surface area contributed by atoms with Crippen LogP contribution in [0, 0.1) is 0 Å². The van der Waals surface area contributed by atoms with Crippen molar-refractivity contribution in [1.82, 2.24) is 4.98 Å². The van der Waals surface area contributed by atoms with Crippen molar-refractivity contribution in [3.63, 3.8) is 0 Å². The lowest BCUT2D eigenvalue weighted by Crippen LogP contribution is -2.18. The van der Waals surface area contributed by atoms with E-state index in [2.05, 4.69) is 4.98 Å². The van der Waals surface area contributed by atoms with Crippen molar-refractivity contribution in [3.05, 3.63) is 59.4 Å². The molecule has 3 nitrogen and oxygen atoms in total. The molecule has 0 amide bonds. The van der Waals surface area contributed by atoms with Gasteiger partial charge in [-0.05, 0) is 5.56 Å². The third-order valence-corrected chi connectivity index (χ3v) is 2.54. The molecule has 0 radical (unpaired) electrons. The third kappa shape index (κ3) is 3.44. The van der Waals surface area contributed by atoms with E-state index in [1.165, 1.54) is 0 Å². The number of nitrogens with zero attached hydrogens (tertiary/aromatic N) is 1. The van der Waals surface area contributed by atoms with Gasteiger partial charge in [0, 0.05) is 12.3 Å². The lowest BCUT2D eigenvalue weighted by atomic mass is 10.1. The van der Waals surface area contributed by atoms with Crippen molar-refractivity contribution in [2.24, 2.45) is 5.73 Å². The fraction of sp³-hybridized carbons (Fsp3) is 0.154. The van der Waals surface area contributed by atoms with E-state index in [0.29, 0.717) is 17.4 Å². The highest BCUT2D eigenvalue weighted by atomic mass is 35.5. The minimum atomic E-state index is -0.157. The third-order valence-electron chi connectivity index (χ3n) is 2.34. The maximum atomic E-state index is 6.00. The van der Waals surface area contributed by atoms with Crippen molar-refractivity contribution in [1.29, 1.82) is 0 Å². The molecule has 0 aliphatic carbocycles. The summed E-state index contributed by atoms with van der Waals surface area (Å²) in [7, 11) is 0. The molecule has 1 heterocycles. The van der Waals surface area contributed by atoms with Crippen LogP contribution in [0.4, 0.5) is 0 Å². The number of aromatic nitrogens is 1. The van der Waals surface area contributed by atoms with Crippen LogP contribution < -0.4 is 10.5 Å². The molecule has 1 aromatic heterocycles. The zero-order valence-electron chi connectivity index (χ0n) is 9.21. The first kappa shape index (κ1) is 11.9. The van der Waals surface area contributed by atoms with Crippen LogP contribution in [0.5, 0.6) is 5.75 Å². The molecule has 2 rings (SSSR count). The number of ether oxygens (including phenoxy) is 1. The van der Waals surface area contributed by atoms with Crippen LogP contribution in [0.3, 0.4) is 0 Å². The predicted octanol–water partition coefficient (Wildman–Crippen LogP) is 2.81. The van der Waals surface area contributed by atoms with Gasteiger partial charge in [0.15, 0.2) is 0 Å². The Morgan fingerprint density at radius 1 is 1.24 bits per heavy atom. The number of halogens is 1. The van der Waals surface area contributed by atoms with Gasteiger partial charge in [0.05, 0.1) is 17.3 Å². The van der Waals surface area contributed by atoms with Crippen LogP contribution in [0.2, 0.25) is 5.02 Å². The van der Waals surface area contributed by atoms with E-state index in [1.807, 2.05) is 30.3 Å². The molecule has 0 bridgehead atoms. The maximum Gasteiger partial charge on any atom is 0.139 e. The number of hydrogen-bond donors (Lipinski definition) is 1. The Labute approximate surface area is 105 Å². The molecule has 0 spiro atoms. The van der Waals surface area contributed by atoms with Gasteiger partial charge in [-0.15, -0.1) is 0 Å². The molecule has 1 aromatic carbocycles. The standard InChI is InChI=1S/C13H13ClN2O/c14-11-6-12(8-16-7-11)17-9-13(15)10-4-2-1-3-5-10/h1-8,13H,9,15H2. The van der Waals surface area contributed by atoms with Crippen LogP contribution in [0.15, 0.2) is 48.8 Å². The molecule has 4 heteroatoms. The van der Waals surface area contributed by atoms with Gasteiger partial charge in [-0.1, -0.05) is 41.9 Å². The highest BCUT2D eigenvalue weighted by Gasteiger charge is 2.06. The first-order valence-electron chi connectivity index (χ1n) is 5.29. The van der Waals surface area contributed by atoms with Crippen LogP contribution >= 0.6 is 11.6 Å². The first-order chi connectivity index (χ1) is 8.25. The molecule has 2 N–H and O–H groups in total. The Hall–Kier alpha value is -1.58. The monoisotopic (exact) mass is 248 g/mol.